The number of thiol groups is 1. The van der Waals surface area contributed by atoms with Gasteiger partial charge in [0.2, 0.25) is 0 Å². The van der Waals surface area contributed by atoms with Crippen LogP contribution in [0.15, 0.2) is 30.3 Å². The van der Waals surface area contributed by atoms with Gasteiger partial charge >= 0.3 is 41.5 Å². The topological polar surface area (TPSA) is 52.6 Å². The Bertz CT molecular complexity index is 506. The van der Waals surface area contributed by atoms with Crippen LogP contribution in [0.4, 0.5) is 0 Å². The van der Waals surface area contributed by atoms with E-state index in [1.807, 2.05) is 6.07 Å². The first-order chi connectivity index (χ1) is 9.45. The Morgan fingerprint density at radius 1 is 1.14 bits per heavy atom. The smallest absolute Gasteiger partial charge is 0.465 e. The Hall–Kier alpha value is 0.160. The van der Waals surface area contributed by atoms with Crippen molar-refractivity contribution < 1.29 is 48.6 Å². The molecule has 0 saturated heterocycles. The average Bonchev–Trinajstić information content (AvgIpc) is 2.40. The van der Waals surface area contributed by atoms with E-state index < -0.39 is 22.8 Å². The third-order valence-electron chi connectivity index (χ3n) is 2.50. The molecule has 21 heavy (non-hydrogen) atoms. The fraction of sp³-hybridized carbons (Fsp3) is 0.385. The van der Waals surface area contributed by atoms with Crippen LogP contribution in [0.5, 0.6) is 0 Å². The van der Waals surface area contributed by atoms with Crippen molar-refractivity contribution in [2.24, 2.45) is 0 Å². The molecule has 0 spiro atoms. The van der Waals surface area contributed by atoms with Crippen molar-refractivity contribution in [3.63, 3.8) is 0 Å². The molecule has 110 valence electrons. The molecule has 0 fully saturated rings. The second-order valence-electron chi connectivity index (χ2n) is 3.87. The summed E-state index contributed by atoms with van der Waals surface area (Å²) >= 11 is 9.95. The third-order valence-corrected chi connectivity index (χ3v) is 7.31. The maximum atomic E-state index is 12.1. The first kappa shape index (κ1) is 21.2. The fourth-order valence-electron chi connectivity index (χ4n) is 1.62. The van der Waals surface area contributed by atoms with Crippen LogP contribution in [-0.4, -0.2) is 30.8 Å². The van der Waals surface area contributed by atoms with Crippen LogP contribution in [0.25, 0.3) is 0 Å². The number of esters is 2. The molecule has 0 N–H and O–H groups in total. The Morgan fingerprint density at radius 3 is 1.95 bits per heavy atom. The van der Waals surface area contributed by atoms with E-state index in [-0.39, 0.29) is 42.8 Å². The molecule has 4 nitrogen and oxygen atoms in total. The Balaban J connectivity index is 0.00000400. The molecule has 0 bridgehead atoms. The molecule has 0 heterocycles. The van der Waals surface area contributed by atoms with E-state index >= 15 is 0 Å². The molecule has 1 aromatic carbocycles. The van der Waals surface area contributed by atoms with Gasteiger partial charge in [-0.2, -0.15) is 0 Å². The second kappa shape index (κ2) is 10.0. The first-order valence-corrected chi connectivity index (χ1v) is 10.2. The molecular formula is C13H17NaO4PS2+. The van der Waals surface area contributed by atoms with E-state index in [1.165, 1.54) is 0 Å². The van der Waals surface area contributed by atoms with Gasteiger partial charge in [-0.3, -0.25) is 9.59 Å². The van der Waals surface area contributed by atoms with Crippen molar-refractivity contribution in [1.82, 2.24) is 0 Å². The van der Waals surface area contributed by atoms with Crippen molar-refractivity contribution in [3.05, 3.63) is 30.3 Å². The molecule has 0 aromatic heterocycles. The summed E-state index contributed by atoms with van der Waals surface area (Å²) in [6.45, 7) is 3.69. The predicted molar refractivity (Wildman–Crippen MR) is 86.4 cm³/mol. The number of carbonyl (C=O) groups is 2. The second-order valence-corrected chi connectivity index (χ2v) is 10.6. The van der Waals surface area contributed by atoms with Crippen molar-refractivity contribution >= 4 is 46.5 Å². The van der Waals surface area contributed by atoms with Crippen LogP contribution < -0.4 is 34.9 Å². The first-order valence-electron chi connectivity index (χ1n) is 6.16. The van der Waals surface area contributed by atoms with Gasteiger partial charge in [0.05, 0.1) is 18.5 Å². The summed E-state index contributed by atoms with van der Waals surface area (Å²) < 4.78 is 9.90. The molecule has 0 aliphatic rings. The van der Waals surface area contributed by atoms with Crippen LogP contribution in [0.1, 0.15) is 13.8 Å². The van der Waals surface area contributed by atoms with Gasteiger partial charge in [-0.1, -0.05) is 42.1 Å². The summed E-state index contributed by atoms with van der Waals surface area (Å²) in [6, 6.07) is 8.94. The van der Waals surface area contributed by atoms with Crippen molar-refractivity contribution in [2.75, 3.05) is 13.2 Å². The van der Waals surface area contributed by atoms with Crippen LogP contribution in [0, 0.1) is 0 Å². The van der Waals surface area contributed by atoms with E-state index in [4.69, 9.17) is 21.3 Å². The Morgan fingerprint density at radius 2 is 1.57 bits per heavy atom. The number of benzene rings is 1. The van der Waals surface area contributed by atoms with Gasteiger partial charge in [0.15, 0.2) is 5.66 Å². The van der Waals surface area contributed by atoms with Crippen LogP contribution in [-0.2, 0) is 30.9 Å². The maximum absolute atomic E-state index is 12.1. The summed E-state index contributed by atoms with van der Waals surface area (Å²) in [7, 11) is 0. The third kappa shape index (κ3) is 5.70. The van der Waals surface area contributed by atoms with Gasteiger partial charge in [-0.05, 0) is 19.2 Å². The fourth-order valence-corrected chi connectivity index (χ4v) is 5.08. The molecule has 1 rings (SSSR count). The Labute approximate surface area is 157 Å². The van der Waals surface area contributed by atoms with Gasteiger partial charge in [0, 0.05) is 0 Å². The van der Waals surface area contributed by atoms with E-state index in [9.17, 15) is 9.59 Å². The van der Waals surface area contributed by atoms with Gasteiger partial charge in [0.1, 0.15) is 0 Å². The maximum Gasteiger partial charge on any atom is 1.00 e. The monoisotopic (exact) mass is 355 g/mol. The number of carbonyl (C=O) groups excluding carboxylic acids is 2. The minimum Gasteiger partial charge on any atom is -0.465 e. The van der Waals surface area contributed by atoms with Crippen LogP contribution in [0.2, 0.25) is 0 Å². The SMILES string of the molecule is CCOC(=O)C(C(=O)OCC)P(=S)(S)c1ccccc1.[Na+]. The molecule has 8 heteroatoms. The van der Waals surface area contributed by atoms with Crippen LogP contribution in [0.3, 0.4) is 0 Å². The van der Waals surface area contributed by atoms with E-state index in [1.54, 1.807) is 38.1 Å². The van der Waals surface area contributed by atoms with Gasteiger partial charge < -0.3 is 9.47 Å². The quantitative estimate of drug-likeness (QED) is 0.237. The molecule has 0 saturated carbocycles. The number of rotatable bonds is 6. The van der Waals surface area contributed by atoms with Crippen LogP contribution >= 0.6 is 17.5 Å². The van der Waals surface area contributed by atoms with Crippen molar-refractivity contribution in [1.29, 1.82) is 0 Å². The molecule has 1 aromatic rings. The Kier molecular flexibility index (Phi) is 10.1. The summed E-state index contributed by atoms with van der Waals surface area (Å²) in [6.07, 6.45) is 0. The molecule has 1 atom stereocenters. The normalized spacial score (nSPS) is 13.0. The van der Waals surface area contributed by atoms with Gasteiger partial charge in [0.25, 0.3) is 0 Å². The van der Waals surface area contributed by atoms with E-state index in [0.29, 0.717) is 5.30 Å². The molecule has 0 radical (unpaired) electrons. The molecule has 0 aliphatic carbocycles. The number of hydrogen-bond acceptors (Lipinski definition) is 5. The zero-order valence-electron chi connectivity index (χ0n) is 12.3. The summed E-state index contributed by atoms with van der Waals surface area (Å²) in [4.78, 5) is 24.1. The molecule has 1 unspecified atom stereocenters. The molecular weight excluding hydrogens is 338 g/mol. The van der Waals surface area contributed by atoms with Crippen molar-refractivity contribution in [2.45, 2.75) is 19.5 Å². The molecule has 0 aliphatic heterocycles. The summed E-state index contributed by atoms with van der Waals surface area (Å²) in [5.74, 6) is -1.35. The van der Waals surface area contributed by atoms with Gasteiger partial charge in [-0.25, -0.2) is 0 Å². The summed E-state index contributed by atoms with van der Waals surface area (Å²) in [5, 5.41) is -2.06. The number of hydrogen-bond donors (Lipinski definition) is 1. The summed E-state index contributed by atoms with van der Waals surface area (Å²) in [5.41, 5.74) is -1.18. The minimum atomic E-state index is -2.75. The van der Waals surface area contributed by atoms with E-state index in [2.05, 4.69) is 12.2 Å². The van der Waals surface area contributed by atoms with Crippen molar-refractivity contribution in [3.8, 4) is 0 Å². The zero-order chi connectivity index (χ0) is 15.2. The standard InChI is InChI=1S/C13H17O4PS2.Na/c1-3-16-12(14)11(13(15)17-4-2)18(19,20)10-8-6-5-7-9-10;/h5-9,11H,3-4H2,1-2H3,(H,19,20);/q;+1. The minimum absolute atomic E-state index is 0. The van der Waals surface area contributed by atoms with E-state index in [0.717, 1.165) is 0 Å². The van der Waals surface area contributed by atoms with Gasteiger partial charge in [-0.15, -0.1) is 12.2 Å². The molecule has 0 amide bonds. The number of ether oxygens (including phenoxy) is 2. The average molecular weight is 355 g/mol. The largest absolute Gasteiger partial charge is 1.00 e. The zero-order valence-corrected chi connectivity index (χ0v) is 16.9. The predicted octanol–water partition coefficient (Wildman–Crippen LogP) is -0.865.